The van der Waals surface area contributed by atoms with Crippen LogP contribution in [0.25, 0.3) is 22.4 Å². The molecule has 5 aromatic rings. The van der Waals surface area contributed by atoms with Crippen molar-refractivity contribution < 1.29 is 18.7 Å². The third-order valence-electron chi connectivity index (χ3n) is 9.95. The molecule has 0 spiro atoms. The van der Waals surface area contributed by atoms with Gasteiger partial charge in [0.2, 0.25) is 5.91 Å². The molecule has 53 heavy (non-hydrogen) atoms. The van der Waals surface area contributed by atoms with E-state index in [-0.39, 0.29) is 23.7 Å². The monoisotopic (exact) mass is 755 g/mol. The summed E-state index contributed by atoms with van der Waals surface area (Å²) in [4.78, 5) is 36.8. The van der Waals surface area contributed by atoms with Gasteiger partial charge in [0, 0.05) is 92.8 Å². The maximum absolute atomic E-state index is 13.6. The molecule has 274 valence electrons. The Bertz CT molecular complexity index is 2160. The number of amides is 2. The van der Waals surface area contributed by atoms with Gasteiger partial charge in [0.05, 0.1) is 34.2 Å². The summed E-state index contributed by atoms with van der Waals surface area (Å²) in [5.74, 6) is 0.478. The van der Waals surface area contributed by atoms with Crippen LogP contribution in [0.4, 0.5) is 10.1 Å². The number of benzene rings is 3. The van der Waals surface area contributed by atoms with E-state index in [0.717, 1.165) is 60.4 Å². The van der Waals surface area contributed by atoms with Crippen LogP contribution in [0.15, 0.2) is 72.9 Å². The number of rotatable bonds is 12. The van der Waals surface area contributed by atoms with Crippen molar-refractivity contribution >= 4 is 40.7 Å². The number of pyridine rings is 1. The molecular formula is C40H40Cl2FN7O3. The van der Waals surface area contributed by atoms with Crippen molar-refractivity contribution in [1.82, 2.24) is 30.1 Å². The Kier molecular flexibility index (Phi) is 11.1. The van der Waals surface area contributed by atoms with E-state index >= 15 is 0 Å². The van der Waals surface area contributed by atoms with Gasteiger partial charge in [-0.05, 0) is 48.7 Å². The van der Waals surface area contributed by atoms with E-state index in [9.17, 15) is 14.0 Å². The number of nitrogens with one attached hydrogen (secondary N) is 3. The van der Waals surface area contributed by atoms with Crippen molar-refractivity contribution in [3.63, 3.8) is 0 Å². The van der Waals surface area contributed by atoms with E-state index in [0.29, 0.717) is 70.2 Å². The van der Waals surface area contributed by atoms with Crippen LogP contribution in [0.1, 0.15) is 46.0 Å². The molecule has 3 N–H and O–H groups in total. The number of fused-ring (bicyclic) bond motifs is 1. The average Bonchev–Trinajstić information content (AvgIpc) is 3.74. The fraction of sp³-hybridized carbons (Fsp3) is 0.300. The molecule has 13 heteroatoms. The van der Waals surface area contributed by atoms with Crippen LogP contribution in [0, 0.1) is 5.82 Å². The number of carbonyl (C=O) groups is 2. The van der Waals surface area contributed by atoms with E-state index in [1.54, 1.807) is 25.4 Å². The highest BCUT2D eigenvalue weighted by atomic mass is 35.5. The minimum Gasteiger partial charge on any atom is -0.496 e. The molecule has 2 aliphatic rings. The number of ether oxygens (including phenoxy) is 1. The first kappa shape index (κ1) is 36.5. The van der Waals surface area contributed by atoms with Gasteiger partial charge >= 0.3 is 0 Å². The summed E-state index contributed by atoms with van der Waals surface area (Å²) >= 11 is 14.0. The fourth-order valence-electron chi connectivity index (χ4n) is 7.03. The van der Waals surface area contributed by atoms with Gasteiger partial charge in [-0.3, -0.25) is 19.5 Å². The van der Waals surface area contributed by atoms with Crippen molar-refractivity contribution in [2.75, 3.05) is 32.1 Å². The predicted molar refractivity (Wildman–Crippen MR) is 205 cm³/mol. The lowest BCUT2D eigenvalue weighted by atomic mass is 10.0. The van der Waals surface area contributed by atoms with Gasteiger partial charge < -0.3 is 25.3 Å². The number of hydrogen-bond donors (Lipinski definition) is 3. The first-order valence-electron chi connectivity index (χ1n) is 17.6. The van der Waals surface area contributed by atoms with Crippen LogP contribution in [-0.2, 0) is 37.8 Å². The summed E-state index contributed by atoms with van der Waals surface area (Å²) in [6.45, 7) is 3.53. The Labute approximate surface area is 317 Å². The second-order valence-electron chi connectivity index (χ2n) is 13.4. The summed E-state index contributed by atoms with van der Waals surface area (Å²) in [6, 6.07) is 19.8. The number of imidazole rings is 1. The van der Waals surface area contributed by atoms with Gasteiger partial charge in [-0.2, -0.15) is 0 Å². The van der Waals surface area contributed by atoms with E-state index in [4.69, 9.17) is 32.9 Å². The van der Waals surface area contributed by atoms with Gasteiger partial charge in [-0.15, -0.1) is 0 Å². The molecule has 0 bridgehead atoms. The Balaban J connectivity index is 1.05. The quantitative estimate of drug-likeness (QED) is 0.128. The molecule has 4 heterocycles. The Hall–Kier alpha value is -4.81. The van der Waals surface area contributed by atoms with Crippen LogP contribution in [0.2, 0.25) is 10.0 Å². The summed E-state index contributed by atoms with van der Waals surface area (Å²) in [6.07, 6.45) is 4.64. The molecule has 2 amide bonds. The zero-order valence-corrected chi connectivity index (χ0v) is 31.0. The fourth-order valence-corrected chi connectivity index (χ4v) is 7.63. The van der Waals surface area contributed by atoms with E-state index in [2.05, 4.69) is 25.8 Å². The predicted octanol–water partition coefficient (Wildman–Crippen LogP) is 6.82. The molecule has 0 aliphatic carbocycles. The van der Waals surface area contributed by atoms with E-state index in [1.165, 1.54) is 12.1 Å². The topological polar surface area (TPSA) is 113 Å². The Morgan fingerprint density at radius 2 is 1.87 bits per heavy atom. The average molecular weight is 757 g/mol. The summed E-state index contributed by atoms with van der Waals surface area (Å²) in [5.41, 5.74) is 7.01. The second-order valence-corrected chi connectivity index (χ2v) is 14.1. The number of aromatic nitrogens is 3. The van der Waals surface area contributed by atoms with E-state index < -0.39 is 0 Å². The summed E-state index contributed by atoms with van der Waals surface area (Å²) in [5, 5.41) is 10.1. The number of methoxy groups -OCH3 is 1. The summed E-state index contributed by atoms with van der Waals surface area (Å²) < 4.78 is 20.9. The largest absolute Gasteiger partial charge is 0.496 e. The third-order valence-corrected chi connectivity index (χ3v) is 10.7. The zero-order chi connectivity index (χ0) is 37.1. The van der Waals surface area contributed by atoms with Gasteiger partial charge in [-0.1, -0.05) is 59.6 Å². The van der Waals surface area contributed by atoms with Crippen molar-refractivity contribution in [2.24, 2.45) is 7.05 Å². The van der Waals surface area contributed by atoms with Gasteiger partial charge in [-0.25, -0.2) is 9.37 Å². The number of nitrogens with zero attached hydrogens (tertiary/aromatic N) is 4. The van der Waals surface area contributed by atoms with Gasteiger partial charge in [0.1, 0.15) is 11.6 Å². The highest BCUT2D eigenvalue weighted by Crippen LogP contribution is 2.41. The van der Waals surface area contributed by atoms with Crippen LogP contribution in [-0.4, -0.2) is 64.0 Å². The Morgan fingerprint density at radius 1 is 1.06 bits per heavy atom. The number of anilines is 1. The van der Waals surface area contributed by atoms with Gasteiger partial charge in [0.15, 0.2) is 5.82 Å². The highest BCUT2D eigenvalue weighted by molar-refractivity contribution is 6.39. The van der Waals surface area contributed by atoms with Crippen LogP contribution in [0.5, 0.6) is 5.75 Å². The normalized spacial score (nSPS) is 15.6. The number of carbonyl (C=O) groups excluding carboxylic acids is 2. The molecule has 1 fully saturated rings. The lowest BCUT2D eigenvalue weighted by molar-refractivity contribution is -0.119. The van der Waals surface area contributed by atoms with Crippen molar-refractivity contribution in [3.05, 3.63) is 117 Å². The molecule has 0 radical (unpaired) electrons. The standard InChI is InChI=1S/C40H40Cl2FN7O3/c1-49-33-16-19-50(18-15-24-6-10-27(43)11-7-24)23-32(33)47-39(49)40(52)48-31-5-3-4-29(36(31)41)30-14-17-45-38(37(30)42)25-8-9-26(34(20-25)53-2)21-44-22-28-12-13-35(51)46-28/h3-11,14,17,20,28,44H,12-13,15-16,18-19,21-23H2,1-2H3,(H,46,51)(H,48,52). The van der Waals surface area contributed by atoms with Crippen LogP contribution >= 0.6 is 23.2 Å². The molecule has 3 aromatic carbocycles. The summed E-state index contributed by atoms with van der Waals surface area (Å²) in [7, 11) is 3.48. The lowest BCUT2D eigenvalue weighted by Gasteiger charge is -2.26. The first-order valence-corrected chi connectivity index (χ1v) is 18.4. The third kappa shape index (κ3) is 8.08. The highest BCUT2D eigenvalue weighted by Gasteiger charge is 2.26. The molecule has 1 unspecified atom stereocenters. The minimum atomic E-state index is -0.366. The molecule has 1 saturated heterocycles. The molecule has 2 aliphatic heterocycles. The molecule has 0 saturated carbocycles. The Morgan fingerprint density at radius 3 is 2.64 bits per heavy atom. The molecule has 7 rings (SSSR count). The number of halogens is 3. The maximum Gasteiger partial charge on any atom is 0.291 e. The van der Waals surface area contributed by atoms with Crippen LogP contribution in [0.3, 0.4) is 0 Å². The van der Waals surface area contributed by atoms with Crippen molar-refractivity contribution in [1.29, 1.82) is 0 Å². The molecule has 10 nitrogen and oxygen atoms in total. The molecular weight excluding hydrogens is 716 g/mol. The van der Waals surface area contributed by atoms with Crippen molar-refractivity contribution in [3.8, 4) is 28.1 Å². The molecule has 2 aromatic heterocycles. The zero-order valence-electron chi connectivity index (χ0n) is 29.5. The van der Waals surface area contributed by atoms with Crippen molar-refractivity contribution in [2.45, 2.75) is 44.8 Å². The first-order chi connectivity index (χ1) is 25.7. The lowest BCUT2D eigenvalue weighted by Crippen LogP contribution is -2.35. The maximum atomic E-state index is 13.6. The molecule has 1 atom stereocenters. The number of hydrogen-bond acceptors (Lipinski definition) is 7. The smallest absolute Gasteiger partial charge is 0.291 e. The SMILES string of the molecule is COc1cc(-c2nccc(-c3cccc(NC(=O)c4nc5c(n4C)CCN(CCc4ccc(F)cc4)C5)c3Cl)c2Cl)ccc1CNCC1CCC(=O)N1. The second kappa shape index (κ2) is 16.1. The van der Waals surface area contributed by atoms with Gasteiger partial charge in [0.25, 0.3) is 5.91 Å². The van der Waals surface area contributed by atoms with Crippen LogP contribution < -0.4 is 20.7 Å². The minimum absolute atomic E-state index is 0.0932. The van der Waals surface area contributed by atoms with E-state index in [1.807, 2.05) is 54.1 Å².